The Labute approximate surface area is 282 Å². The second kappa shape index (κ2) is 17.7. The molecule has 49 heavy (non-hydrogen) atoms. The third-order valence-corrected chi connectivity index (χ3v) is 7.03. The van der Waals surface area contributed by atoms with Crippen molar-refractivity contribution in [3.05, 3.63) is 108 Å². The highest BCUT2D eigenvalue weighted by Crippen LogP contribution is 2.49. The normalized spacial score (nSPS) is 12.7. The molecule has 1 N–H and O–H groups in total. The van der Waals surface area contributed by atoms with E-state index >= 15 is 0 Å². The van der Waals surface area contributed by atoms with Crippen molar-refractivity contribution >= 4 is 5.78 Å². The summed E-state index contributed by atoms with van der Waals surface area (Å²) in [6.07, 6.45) is -1.20. The fraction of sp³-hybridized carbons (Fsp3) is 0.400. The van der Waals surface area contributed by atoms with Crippen molar-refractivity contribution in [2.24, 2.45) is 17.3 Å². The first-order valence-corrected chi connectivity index (χ1v) is 14.7. The van der Waals surface area contributed by atoms with Crippen LogP contribution < -0.4 is 9.47 Å². The Morgan fingerprint density at radius 2 is 1.00 bits per heavy atom. The molecule has 0 aliphatic heterocycles. The van der Waals surface area contributed by atoms with Crippen LogP contribution in [0.2, 0.25) is 0 Å². The average Bonchev–Trinajstić information content (AvgIpc) is 3.00. The van der Waals surface area contributed by atoms with Crippen molar-refractivity contribution in [3.8, 4) is 11.5 Å². The molecule has 2 aromatic carbocycles. The summed E-state index contributed by atoms with van der Waals surface area (Å²) in [4.78, 5) is 27.2. The lowest BCUT2D eigenvalue weighted by Gasteiger charge is -2.46. The fourth-order valence-corrected chi connectivity index (χ4v) is 4.10. The van der Waals surface area contributed by atoms with Gasteiger partial charge in [-0.1, -0.05) is 68.0 Å². The lowest BCUT2D eigenvalue weighted by Crippen LogP contribution is -2.46. The minimum Gasteiger partial charge on any atom is -0.406 e. The predicted octanol–water partition coefficient (Wildman–Crippen LogP) is 9.20. The van der Waals surface area contributed by atoms with E-state index in [2.05, 4.69) is 50.2 Å². The van der Waals surface area contributed by atoms with Gasteiger partial charge in [-0.05, 0) is 53.8 Å². The van der Waals surface area contributed by atoms with Gasteiger partial charge in [0, 0.05) is 41.3 Å². The maximum Gasteiger partial charge on any atom is 0.573 e. The van der Waals surface area contributed by atoms with Crippen molar-refractivity contribution in [3.63, 3.8) is 0 Å². The molecule has 0 saturated carbocycles. The Kier molecular flexibility index (Phi) is 15.3. The summed E-state index contributed by atoms with van der Waals surface area (Å²) in [6, 6.07) is 9.88. The van der Waals surface area contributed by atoms with E-state index in [0.717, 1.165) is 18.1 Å². The summed E-state index contributed by atoms with van der Waals surface area (Å²) in [5.74, 6) is -0.207. The first-order valence-electron chi connectivity index (χ1n) is 14.7. The number of carbonyl (C=O) groups is 1. The number of alkyl halides is 6. The highest BCUT2D eigenvalue weighted by molar-refractivity contribution is 6.08. The lowest BCUT2D eigenvalue weighted by atomic mass is 9.62. The topological polar surface area (TPSA) is 107 Å². The number of benzene rings is 2. The third-order valence-electron chi connectivity index (χ3n) is 7.03. The number of rotatable bonds is 8. The molecule has 1 unspecified atom stereocenters. The van der Waals surface area contributed by atoms with E-state index in [1.54, 1.807) is 0 Å². The lowest BCUT2D eigenvalue weighted by molar-refractivity contribution is -0.275. The first kappa shape index (κ1) is 42.4. The van der Waals surface area contributed by atoms with Crippen molar-refractivity contribution in [1.82, 2.24) is 19.9 Å². The number of aromatic nitrogens is 4. The molecule has 268 valence electrons. The molecule has 1 atom stereocenters. The summed E-state index contributed by atoms with van der Waals surface area (Å²) in [5.41, 5.74) is -0.742. The number of carbonyl (C=O) groups excluding carboxylic acids is 1. The fourth-order valence-electron chi connectivity index (χ4n) is 4.10. The molecular formula is C35H42F6N4O4. The second-order valence-electron chi connectivity index (χ2n) is 12.0. The van der Waals surface area contributed by atoms with Crippen LogP contribution in [0.4, 0.5) is 26.3 Å². The molecule has 2 heterocycles. The smallest absolute Gasteiger partial charge is 0.406 e. The average molecular weight is 697 g/mol. The number of aliphatic hydroxyl groups is 1. The van der Waals surface area contributed by atoms with Crippen LogP contribution in [0.5, 0.6) is 11.5 Å². The molecule has 14 heteroatoms. The van der Waals surface area contributed by atoms with Crippen LogP contribution in [0, 0.1) is 17.3 Å². The van der Waals surface area contributed by atoms with Gasteiger partial charge in [0.05, 0.1) is 5.56 Å². The maximum atomic E-state index is 12.3. The number of ether oxygens (including phenoxy) is 2. The number of ketones is 1. The van der Waals surface area contributed by atoms with Gasteiger partial charge in [-0.3, -0.25) is 4.79 Å². The van der Waals surface area contributed by atoms with Gasteiger partial charge in [-0.25, -0.2) is 19.9 Å². The Bertz CT molecular complexity index is 1550. The zero-order valence-corrected chi connectivity index (χ0v) is 27.5. The molecule has 4 rings (SSSR count). The van der Waals surface area contributed by atoms with Crippen LogP contribution in [-0.4, -0.2) is 43.6 Å². The third kappa shape index (κ3) is 12.7. The first-order chi connectivity index (χ1) is 22.2. The Balaban J connectivity index is 0.000000445. The van der Waals surface area contributed by atoms with Crippen molar-refractivity contribution < 1.29 is 45.7 Å². The molecule has 4 aromatic rings. The van der Waals surface area contributed by atoms with E-state index in [4.69, 9.17) is 0 Å². The molecule has 0 saturated heterocycles. The zero-order chi connectivity index (χ0) is 36.3. The summed E-state index contributed by atoms with van der Waals surface area (Å²) in [5, 5.41) is 11.6. The van der Waals surface area contributed by atoms with Gasteiger partial charge in [-0.2, -0.15) is 0 Å². The molecule has 0 bridgehead atoms. The van der Waals surface area contributed by atoms with E-state index < -0.39 is 23.7 Å². The van der Waals surface area contributed by atoms with Crippen molar-refractivity contribution in [2.45, 2.75) is 74.2 Å². The summed E-state index contributed by atoms with van der Waals surface area (Å²) in [7, 11) is 0. The number of halogens is 6. The quantitative estimate of drug-likeness (QED) is 0.144. The van der Waals surface area contributed by atoms with Crippen LogP contribution >= 0.6 is 0 Å². The molecule has 8 nitrogen and oxygen atoms in total. The maximum absolute atomic E-state index is 12.3. The molecular weight excluding hydrogens is 654 g/mol. The van der Waals surface area contributed by atoms with Crippen LogP contribution in [0.15, 0.2) is 86.0 Å². The highest BCUT2D eigenvalue weighted by atomic mass is 19.4. The Hall–Kier alpha value is -4.59. The molecule has 0 aliphatic carbocycles. The monoisotopic (exact) mass is 696 g/mol. The predicted molar refractivity (Wildman–Crippen MR) is 173 cm³/mol. The van der Waals surface area contributed by atoms with Gasteiger partial charge in [-0.15, -0.1) is 26.3 Å². The number of nitrogens with zero attached hydrogens (tertiary/aromatic N) is 4. The van der Waals surface area contributed by atoms with Crippen molar-refractivity contribution in [1.29, 1.82) is 0 Å². The van der Waals surface area contributed by atoms with Crippen LogP contribution in [0.1, 0.15) is 82.9 Å². The minimum atomic E-state index is -4.76. The zero-order valence-electron chi connectivity index (χ0n) is 27.5. The van der Waals surface area contributed by atoms with Crippen LogP contribution in [-0.2, 0) is 5.60 Å². The summed E-state index contributed by atoms with van der Waals surface area (Å²) >= 11 is 0. The van der Waals surface area contributed by atoms with Crippen molar-refractivity contribution in [2.75, 3.05) is 0 Å². The van der Waals surface area contributed by atoms with E-state index in [0.29, 0.717) is 11.1 Å². The van der Waals surface area contributed by atoms with Gasteiger partial charge in [0.25, 0.3) is 0 Å². The van der Waals surface area contributed by atoms with E-state index in [-0.39, 0.29) is 41.8 Å². The molecule has 0 radical (unpaired) electrons. The largest absolute Gasteiger partial charge is 0.573 e. The van der Waals surface area contributed by atoms with Gasteiger partial charge in [0.2, 0.25) is 0 Å². The number of hydrogen-bond donors (Lipinski definition) is 1. The van der Waals surface area contributed by atoms with Gasteiger partial charge in [0.15, 0.2) is 5.78 Å². The second-order valence-corrected chi connectivity index (χ2v) is 12.0. The minimum absolute atomic E-state index is 0. The standard InChI is InChI=1S/C18H21F3N2O2.C12H7F3N2O2.C4H10.CH4/c1-12(2)16(3,4)17(24,14-9-22-11-23-10-14)13-5-7-15(8-6-13)25-18(19,20)21;13-12(14,15)19-10-3-1-8(2-4-10)11(18)9-5-16-7-17-6-9;1-4(2)3;/h5-12,24H,1-4H3;1-7H;4H,1-3H3;1H4. The molecule has 0 amide bonds. The Morgan fingerprint density at radius 3 is 1.37 bits per heavy atom. The van der Waals surface area contributed by atoms with Gasteiger partial charge in [0.1, 0.15) is 29.8 Å². The highest BCUT2D eigenvalue weighted by Gasteiger charge is 2.48. The molecule has 0 spiro atoms. The van der Waals surface area contributed by atoms with Gasteiger partial charge < -0.3 is 14.6 Å². The Morgan fingerprint density at radius 1 is 0.633 bits per heavy atom. The van der Waals surface area contributed by atoms with E-state index in [1.165, 1.54) is 73.8 Å². The van der Waals surface area contributed by atoms with Crippen LogP contribution in [0.3, 0.4) is 0 Å². The molecule has 0 aliphatic rings. The van der Waals surface area contributed by atoms with Gasteiger partial charge >= 0.3 is 12.7 Å². The number of hydrogen-bond acceptors (Lipinski definition) is 8. The van der Waals surface area contributed by atoms with E-state index in [1.807, 2.05) is 27.7 Å². The molecule has 0 fully saturated rings. The summed E-state index contributed by atoms with van der Waals surface area (Å²) < 4.78 is 80.5. The molecule has 2 aromatic heterocycles. The van der Waals surface area contributed by atoms with E-state index in [9.17, 15) is 36.2 Å². The van der Waals surface area contributed by atoms with Crippen LogP contribution in [0.25, 0.3) is 0 Å². The SMILES string of the molecule is C.CC(C)C.CC(C)C(C)(C)C(O)(c1ccc(OC(F)(F)F)cc1)c1cncnc1.O=C(c1ccc(OC(F)(F)F)cc1)c1cncnc1. The summed E-state index contributed by atoms with van der Waals surface area (Å²) in [6.45, 7) is 14.2.